The molecule has 0 amide bonds. The van der Waals surface area contributed by atoms with Crippen LogP contribution in [0.5, 0.6) is 23.0 Å². The second-order valence-corrected chi connectivity index (χ2v) is 9.39. The third-order valence-electron chi connectivity index (χ3n) is 6.58. The summed E-state index contributed by atoms with van der Waals surface area (Å²) in [4.78, 5) is 27.1. The summed E-state index contributed by atoms with van der Waals surface area (Å²) in [7, 11) is 0. The molecule has 10 heteroatoms. The van der Waals surface area contributed by atoms with Gasteiger partial charge in [0.1, 0.15) is 22.5 Å². The number of phenols is 3. The summed E-state index contributed by atoms with van der Waals surface area (Å²) in [6.07, 6.45) is 0.502. The standard InChI is InChI=1S/C30H29NO9/c32-23-16-25(40-26-17-24(33)28(34)29(35)27(23)26)20-6-8-22(9-7-20)38-12-1-13-39-30(36)21-4-2-19(3-5-21)18-31-10-14-37-15-11-31/h2-9,16-17,33-35H,1,10-15,18H2. The topological polar surface area (TPSA) is 139 Å². The number of nitrogens with zero attached hydrogens (tertiary/aromatic N) is 1. The van der Waals surface area contributed by atoms with Crippen molar-refractivity contribution in [3.05, 3.63) is 82.0 Å². The van der Waals surface area contributed by atoms with Crippen LogP contribution in [0.1, 0.15) is 22.3 Å². The van der Waals surface area contributed by atoms with Crippen LogP contribution in [0.4, 0.5) is 0 Å². The van der Waals surface area contributed by atoms with Crippen molar-refractivity contribution in [2.75, 3.05) is 39.5 Å². The zero-order chi connectivity index (χ0) is 28.1. The lowest BCUT2D eigenvalue weighted by atomic mass is 10.1. The monoisotopic (exact) mass is 547 g/mol. The van der Waals surface area contributed by atoms with Crippen LogP contribution in [0, 0.1) is 0 Å². The molecule has 0 spiro atoms. The SMILES string of the molecule is O=C(OCCCOc1ccc(-c2cc(=O)c3c(O)c(O)c(O)cc3o2)cc1)c1ccc(CN2CCOCC2)cc1. The quantitative estimate of drug-likeness (QED) is 0.160. The minimum absolute atomic E-state index is 0.0610. The molecule has 2 heterocycles. The Hall–Kier alpha value is -4.54. The molecule has 1 aliphatic rings. The van der Waals surface area contributed by atoms with E-state index in [1.807, 2.05) is 12.1 Å². The molecule has 1 aromatic heterocycles. The van der Waals surface area contributed by atoms with Crippen molar-refractivity contribution in [3.8, 4) is 34.3 Å². The normalized spacial score (nSPS) is 13.8. The average molecular weight is 548 g/mol. The largest absolute Gasteiger partial charge is 0.504 e. The number of carbonyl (C=O) groups excluding carboxylic acids is 1. The maximum atomic E-state index is 12.5. The number of esters is 1. The molecule has 40 heavy (non-hydrogen) atoms. The van der Waals surface area contributed by atoms with Crippen LogP contribution in [0.15, 0.2) is 69.9 Å². The first kappa shape index (κ1) is 27.0. The molecule has 1 saturated heterocycles. The van der Waals surface area contributed by atoms with E-state index >= 15 is 0 Å². The first-order valence-corrected chi connectivity index (χ1v) is 12.9. The number of ether oxygens (including phenoxy) is 3. The first-order valence-electron chi connectivity index (χ1n) is 12.9. The van der Waals surface area contributed by atoms with E-state index in [4.69, 9.17) is 18.6 Å². The Balaban J connectivity index is 1.09. The van der Waals surface area contributed by atoms with Gasteiger partial charge in [0.15, 0.2) is 16.9 Å². The number of aromatic hydroxyl groups is 3. The molecule has 4 aromatic rings. The third kappa shape index (κ3) is 6.19. The highest BCUT2D eigenvalue weighted by molar-refractivity contribution is 5.90. The van der Waals surface area contributed by atoms with E-state index in [9.17, 15) is 24.9 Å². The van der Waals surface area contributed by atoms with Gasteiger partial charge in [0.05, 0.1) is 32.0 Å². The van der Waals surface area contributed by atoms with Gasteiger partial charge in [-0.15, -0.1) is 0 Å². The number of fused-ring (bicyclic) bond motifs is 1. The zero-order valence-electron chi connectivity index (χ0n) is 21.7. The predicted molar refractivity (Wildman–Crippen MR) is 146 cm³/mol. The van der Waals surface area contributed by atoms with Crippen LogP contribution in [0.3, 0.4) is 0 Å². The van der Waals surface area contributed by atoms with E-state index in [2.05, 4.69) is 4.90 Å². The number of benzene rings is 3. The highest BCUT2D eigenvalue weighted by Crippen LogP contribution is 2.40. The van der Waals surface area contributed by atoms with Crippen molar-refractivity contribution in [2.24, 2.45) is 0 Å². The van der Waals surface area contributed by atoms with E-state index in [1.165, 1.54) is 6.07 Å². The zero-order valence-corrected chi connectivity index (χ0v) is 21.7. The summed E-state index contributed by atoms with van der Waals surface area (Å²) in [6.45, 7) is 4.68. The molecule has 10 nitrogen and oxygen atoms in total. The summed E-state index contributed by atoms with van der Waals surface area (Å²) >= 11 is 0. The van der Waals surface area contributed by atoms with Gasteiger partial charge in [-0.25, -0.2) is 4.79 Å². The highest BCUT2D eigenvalue weighted by atomic mass is 16.5. The minimum atomic E-state index is -0.780. The van der Waals surface area contributed by atoms with Gasteiger partial charge >= 0.3 is 5.97 Å². The summed E-state index contributed by atoms with van der Waals surface area (Å²) in [5, 5.41) is 29.1. The predicted octanol–water partition coefficient (Wildman–Crippen LogP) is 4.03. The fourth-order valence-corrected chi connectivity index (χ4v) is 4.40. The van der Waals surface area contributed by atoms with Crippen molar-refractivity contribution in [3.63, 3.8) is 0 Å². The Morgan fingerprint density at radius 2 is 1.62 bits per heavy atom. The summed E-state index contributed by atoms with van der Waals surface area (Å²) < 4.78 is 22.1. The molecular weight excluding hydrogens is 518 g/mol. The van der Waals surface area contributed by atoms with Crippen molar-refractivity contribution in [2.45, 2.75) is 13.0 Å². The Kier molecular flexibility index (Phi) is 8.18. The lowest BCUT2D eigenvalue weighted by Gasteiger charge is -2.26. The lowest BCUT2D eigenvalue weighted by molar-refractivity contribution is 0.0342. The van der Waals surface area contributed by atoms with Crippen molar-refractivity contribution in [1.82, 2.24) is 4.90 Å². The van der Waals surface area contributed by atoms with Gasteiger partial charge in [-0.3, -0.25) is 9.69 Å². The number of rotatable bonds is 9. The molecule has 3 N–H and O–H groups in total. The van der Waals surface area contributed by atoms with Gasteiger partial charge in [-0.05, 0) is 42.0 Å². The molecule has 3 aromatic carbocycles. The molecule has 0 bridgehead atoms. The van der Waals surface area contributed by atoms with Gasteiger partial charge in [-0.1, -0.05) is 12.1 Å². The number of hydrogen-bond acceptors (Lipinski definition) is 10. The van der Waals surface area contributed by atoms with Crippen LogP contribution in [0.25, 0.3) is 22.3 Å². The molecule has 208 valence electrons. The van der Waals surface area contributed by atoms with Gasteiger partial charge in [0.25, 0.3) is 0 Å². The maximum absolute atomic E-state index is 12.5. The van der Waals surface area contributed by atoms with Crippen LogP contribution < -0.4 is 10.2 Å². The van der Waals surface area contributed by atoms with Crippen molar-refractivity contribution < 1.29 is 38.7 Å². The van der Waals surface area contributed by atoms with E-state index in [0.717, 1.165) is 44.5 Å². The smallest absolute Gasteiger partial charge is 0.338 e. The third-order valence-corrected chi connectivity index (χ3v) is 6.58. The number of morpholine rings is 1. The van der Waals surface area contributed by atoms with Gasteiger partial charge in [0, 0.05) is 43.8 Å². The van der Waals surface area contributed by atoms with Gasteiger partial charge in [-0.2, -0.15) is 0 Å². The van der Waals surface area contributed by atoms with Crippen LogP contribution in [-0.2, 0) is 16.0 Å². The average Bonchev–Trinajstić information content (AvgIpc) is 2.96. The van der Waals surface area contributed by atoms with E-state index in [0.29, 0.717) is 29.9 Å². The summed E-state index contributed by atoms with van der Waals surface area (Å²) in [5.41, 5.74) is 1.59. The Bertz CT molecular complexity index is 1540. The molecule has 0 aliphatic carbocycles. The molecule has 0 radical (unpaired) electrons. The van der Waals surface area contributed by atoms with Crippen LogP contribution in [0.2, 0.25) is 0 Å². The van der Waals surface area contributed by atoms with Gasteiger partial charge < -0.3 is 33.9 Å². The first-order chi connectivity index (χ1) is 19.4. The molecule has 5 rings (SSSR count). The highest BCUT2D eigenvalue weighted by Gasteiger charge is 2.17. The number of hydrogen-bond donors (Lipinski definition) is 3. The Labute approximate surface area is 229 Å². The van der Waals surface area contributed by atoms with E-state index in [1.54, 1.807) is 36.4 Å². The van der Waals surface area contributed by atoms with Crippen molar-refractivity contribution >= 4 is 16.9 Å². The second-order valence-electron chi connectivity index (χ2n) is 9.39. The molecule has 0 saturated carbocycles. The molecule has 1 fully saturated rings. The number of phenolic OH excluding ortho intramolecular Hbond substituents is 3. The Morgan fingerprint density at radius 1 is 0.900 bits per heavy atom. The van der Waals surface area contributed by atoms with E-state index < -0.39 is 22.7 Å². The molecule has 0 unspecified atom stereocenters. The van der Waals surface area contributed by atoms with Gasteiger partial charge in [0.2, 0.25) is 5.75 Å². The molecule has 0 atom stereocenters. The van der Waals surface area contributed by atoms with Crippen molar-refractivity contribution in [1.29, 1.82) is 0 Å². The Morgan fingerprint density at radius 3 is 2.35 bits per heavy atom. The van der Waals surface area contributed by atoms with E-state index in [-0.39, 0.29) is 29.3 Å². The fraction of sp³-hybridized carbons (Fsp3) is 0.267. The summed E-state index contributed by atoms with van der Waals surface area (Å²) in [5.74, 6) is -1.70. The molecular formula is C30H29NO9. The molecule has 1 aliphatic heterocycles. The lowest BCUT2D eigenvalue weighted by Crippen LogP contribution is -2.35. The minimum Gasteiger partial charge on any atom is -0.504 e. The fourth-order valence-electron chi connectivity index (χ4n) is 4.40. The summed E-state index contributed by atoms with van der Waals surface area (Å²) in [6, 6.07) is 16.5. The second kappa shape index (κ2) is 12.1. The number of carbonyl (C=O) groups is 1. The van der Waals surface area contributed by atoms with Crippen LogP contribution >= 0.6 is 0 Å². The van der Waals surface area contributed by atoms with Crippen LogP contribution in [-0.4, -0.2) is 65.7 Å². The maximum Gasteiger partial charge on any atom is 0.338 e.